The van der Waals surface area contributed by atoms with Crippen molar-refractivity contribution in [3.8, 4) is 0 Å². The molecular formula is C19H23N3O. The Morgan fingerprint density at radius 1 is 1.09 bits per heavy atom. The van der Waals surface area contributed by atoms with Crippen molar-refractivity contribution in [3.05, 3.63) is 58.9 Å². The molecule has 120 valence electrons. The smallest absolute Gasteiger partial charge is 0.114 e. The van der Waals surface area contributed by atoms with Crippen LogP contribution in [-0.2, 0) is 13.0 Å². The minimum absolute atomic E-state index is 0.186. The fourth-order valence-corrected chi connectivity index (χ4v) is 2.86. The summed E-state index contributed by atoms with van der Waals surface area (Å²) in [4.78, 5) is 4.84. The minimum atomic E-state index is 0.186. The van der Waals surface area contributed by atoms with Crippen LogP contribution < -0.4 is 5.73 Å². The van der Waals surface area contributed by atoms with Gasteiger partial charge < -0.3 is 15.4 Å². The number of nitrogens with zero attached hydrogens (tertiary/aromatic N) is 2. The average Bonchev–Trinajstić information content (AvgIpc) is 2.84. The Kier molecular flexibility index (Phi) is 4.35. The summed E-state index contributed by atoms with van der Waals surface area (Å²) in [5.74, 6) is 1.03. The van der Waals surface area contributed by atoms with E-state index in [9.17, 15) is 5.11 Å². The molecule has 1 heterocycles. The number of benzene rings is 2. The number of nitrogens with two attached hydrogens (primary N) is 1. The molecule has 2 aromatic carbocycles. The summed E-state index contributed by atoms with van der Waals surface area (Å²) in [5.41, 5.74) is 12.4. The fourth-order valence-electron chi connectivity index (χ4n) is 2.86. The van der Waals surface area contributed by atoms with Gasteiger partial charge in [-0.25, -0.2) is 4.98 Å². The minimum Gasteiger partial charge on any atom is -0.399 e. The third-order valence-corrected chi connectivity index (χ3v) is 4.32. The van der Waals surface area contributed by atoms with Crippen molar-refractivity contribution in [1.29, 1.82) is 0 Å². The van der Waals surface area contributed by atoms with Crippen molar-refractivity contribution in [1.82, 2.24) is 9.55 Å². The van der Waals surface area contributed by atoms with E-state index in [1.807, 2.05) is 24.3 Å². The van der Waals surface area contributed by atoms with Gasteiger partial charge in [-0.05, 0) is 61.2 Å². The molecule has 4 heteroatoms. The zero-order chi connectivity index (χ0) is 16.4. The second-order valence-corrected chi connectivity index (χ2v) is 6.10. The van der Waals surface area contributed by atoms with E-state index in [1.165, 1.54) is 16.7 Å². The number of aryl methyl sites for hydroxylation is 3. The highest BCUT2D eigenvalue weighted by Crippen LogP contribution is 2.23. The van der Waals surface area contributed by atoms with Crippen LogP contribution in [0.25, 0.3) is 11.0 Å². The number of imidazole rings is 1. The highest BCUT2D eigenvalue weighted by Gasteiger charge is 2.12. The van der Waals surface area contributed by atoms with Gasteiger partial charge in [-0.3, -0.25) is 0 Å². The van der Waals surface area contributed by atoms with Gasteiger partial charge in [-0.1, -0.05) is 12.1 Å². The number of aromatic nitrogens is 2. The van der Waals surface area contributed by atoms with E-state index in [1.54, 1.807) is 0 Å². The van der Waals surface area contributed by atoms with Crippen molar-refractivity contribution in [2.24, 2.45) is 0 Å². The molecule has 23 heavy (non-hydrogen) atoms. The van der Waals surface area contributed by atoms with Gasteiger partial charge in [0.1, 0.15) is 5.82 Å². The number of nitrogen functional groups attached to an aromatic ring is 1. The molecule has 0 amide bonds. The summed E-state index contributed by atoms with van der Waals surface area (Å²) in [6.45, 7) is 5.20. The van der Waals surface area contributed by atoms with E-state index in [4.69, 9.17) is 10.7 Å². The third-order valence-electron chi connectivity index (χ3n) is 4.32. The molecular weight excluding hydrogens is 286 g/mol. The molecule has 0 fully saturated rings. The molecule has 0 saturated carbocycles. The first-order valence-electron chi connectivity index (χ1n) is 8.00. The largest absolute Gasteiger partial charge is 0.399 e. The molecule has 3 N–H and O–H groups in total. The summed E-state index contributed by atoms with van der Waals surface area (Å²) in [6, 6.07) is 12.3. The van der Waals surface area contributed by atoms with Gasteiger partial charge in [-0.2, -0.15) is 0 Å². The molecule has 0 atom stereocenters. The lowest BCUT2D eigenvalue weighted by atomic mass is 10.1. The molecule has 1 aromatic heterocycles. The van der Waals surface area contributed by atoms with Gasteiger partial charge in [0, 0.05) is 25.3 Å². The number of fused-ring (bicyclic) bond motifs is 1. The van der Waals surface area contributed by atoms with Crippen LogP contribution in [0.15, 0.2) is 36.4 Å². The number of hydrogen-bond donors (Lipinski definition) is 2. The second-order valence-electron chi connectivity index (χ2n) is 6.10. The summed E-state index contributed by atoms with van der Waals surface area (Å²) in [5, 5.41) is 9.20. The predicted molar refractivity (Wildman–Crippen MR) is 94.6 cm³/mol. The summed E-state index contributed by atoms with van der Waals surface area (Å²) in [7, 11) is 0. The van der Waals surface area contributed by atoms with Gasteiger partial charge in [0.15, 0.2) is 0 Å². The lowest BCUT2D eigenvalue weighted by molar-refractivity contribution is 0.280. The van der Waals surface area contributed by atoms with E-state index < -0.39 is 0 Å². The number of rotatable bonds is 5. The molecule has 3 aromatic rings. The molecule has 0 unspecified atom stereocenters. The van der Waals surface area contributed by atoms with Gasteiger partial charge in [-0.15, -0.1) is 0 Å². The van der Waals surface area contributed by atoms with E-state index >= 15 is 0 Å². The van der Waals surface area contributed by atoms with E-state index in [0.717, 1.165) is 41.9 Å². The van der Waals surface area contributed by atoms with Gasteiger partial charge >= 0.3 is 0 Å². The van der Waals surface area contributed by atoms with Crippen LogP contribution in [0.3, 0.4) is 0 Å². The SMILES string of the molecule is Cc1cc2nc(Cc3ccc(N)cc3)n(CCCO)c2cc1C. The average molecular weight is 309 g/mol. The van der Waals surface area contributed by atoms with Crippen molar-refractivity contribution in [2.45, 2.75) is 33.2 Å². The molecule has 0 aliphatic heterocycles. The topological polar surface area (TPSA) is 64.1 Å². The Hall–Kier alpha value is -2.33. The number of hydrogen-bond acceptors (Lipinski definition) is 3. The zero-order valence-corrected chi connectivity index (χ0v) is 13.7. The van der Waals surface area contributed by atoms with Gasteiger partial charge in [0.25, 0.3) is 0 Å². The standard InChI is InChI=1S/C19H23N3O/c1-13-10-17-18(11-14(13)2)22(8-3-9-23)19(21-17)12-15-4-6-16(20)7-5-15/h4-7,10-11,23H,3,8-9,12,20H2,1-2H3. The number of aliphatic hydroxyl groups excluding tert-OH is 1. The van der Waals surface area contributed by atoms with Crippen LogP contribution in [0.4, 0.5) is 5.69 Å². The normalized spacial score (nSPS) is 11.3. The van der Waals surface area contributed by atoms with Crippen LogP contribution >= 0.6 is 0 Å². The molecule has 0 aliphatic carbocycles. The molecule has 4 nitrogen and oxygen atoms in total. The maximum Gasteiger partial charge on any atom is 0.114 e. The summed E-state index contributed by atoms with van der Waals surface area (Å²) < 4.78 is 2.23. The van der Waals surface area contributed by atoms with Crippen LogP contribution in [0.1, 0.15) is 28.9 Å². The monoisotopic (exact) mass is 309 g/mol. The first-order chi connectivity index (χ1) is 11.1. The van der Waals surface area contributed by atoms with Gasteiger partial charge in [0.05, 0.1) is 11.0 Å². The van der Waals surface area contributed by atoms with Crippen LogP contribution in [-0.4, -0.2) is 21.3 Å². The van der Waals surface area contributed by atoms with Crippen molar-refractivity contribution in [3.63, 3.8) is 0 Å². The first-order valence-corrected chi connectivity index (χ1v) is 8.00. The van der Waals surface area contributed by atoms with Crippen molar-refractivity contribution < 1.29 is 5.11 Å². The Balaban J connectivity index is 2.04. The van der Waals surface area contributed by atoms with Crippen LogP contribution in [0.2, 0.25) is 0 Å². The quantitative estimate of drug-likeness (QED) is 0.711. The van der Waals surface area contributed by atoms with E-state index in [0.29, 0.717) is 0 Å². The Labute approximate surface area is 136 Å². The zero-order valence-electron chi connectivity index (χ0n) is 13.7. The molecule has 0 aliphatic rings. The van der Waals surface area contributed by atoms with E-state index in [-0.39, 0.29) is 6.61 Å². The second kappa shape index (κ2) is 6.42. The van der Waals surface area contributed by atoms with Crippen LogP contribution in [0.5, 0.6) is 0 Å². The molecule has 0 saturated heterocycles. The predicted octanol–water partition coefficient (Wildman–Crippen LogP) is 3.21. The molecule has 0 radical (unpaired) electrons. The lowest BCUT2D eigenvalue weighted by Crippen LogP contribution is -2.06. The third kappa shape index (κ3) is 3.22. The summed E-state index contributed by atoms with van der Waals surface area (Å²) >= 11 is 0. The van der Waals surface area contributed by atoms with Crippen molar-refractivity contribution in [2.75, 3.05) is 12.3 Å². The molecule has 3 rings (SSSR count). The number of anilines is 1. The Bertz CT molecular complexity index is 819. The Morgan fingerprint density at radius 3 is 2.48 bits per heavy atom. The molecule has 0 spiro atoms. The van der Waals surface area contributed by atoms with Crippen LogP contribution in [0, 0.1) is 13.8 Å². The highest BCUT2D eigenvalue weighted by atomic mass is 16.3. The fraction of sp³-hybridized carbons (Fsp3) is 0.316. The van der Waals surface area contributed by atoms with Gasteiger partial charge in [0.2, 0.25) is 0 Å². The lowest BCUT2D eigenvalue weighted by Gasteiger charge is -2.09. The van der Waals surface area contributed by atoms with E-state index in [2.05, 4.69) is 30.5 Å². The summed E-state index contributed by atoms with van der Waals surface area (Å²) in [6.07, 6.45) is 1.49. The number of aliphatic hydroxyl groups is 1. The van der Waals surface area contributed by atoms with Crippen molar-refractivity contribution >= 4 is 16.7 Å². The maximum absolute atomic E-state index is 9.20. The molecule has 0 bridgehead atoms. The Morgan fingerprint density at radius 2 is 1.78 bits per heavy atom. The maximum atomic E-state index is 9.20. The first kappa shape index (κ1) is 15.6. The highest BCUT2D eigenvalue weighted by molar-refractivity contribution is 5.78.